The molecule has 0 aliphatic carbocycles. The lowest BCUT2D eigenvalue weighted by Crippen LogP contribution is -2.31. The molecule has 4 nitrogen and oxygen atoms in total. The number of aliphatic hydroxyl groups is 1. The molecule has 0 bridgehead atoms. The van der Waals surface area contributed by atoms with Gasteiger partial charge in [-0.1, -0.05) is 15.9 Å². The molecule has 0 unspecified atom stereocenters. The summed E-state index contributed by atoms with van der Waals surface area (Å²) in [6.45, 7) is 4.11. The lowest BCUT2D eigenvalue weighted by Gasteiger charge is -2.10. The quantitative estimate of drug-likeness (QED) is 0.846. The lowest BCUT2D eigenvalue weighted by atomic mass is 10.2. The van der Waals surface area contributed by atoms with Crippen molar-refractivity contribution < 1.29 is 14.6 Å². The monoisotopic (exact) mass is 315 g/mol. The van der Waals surface area contributed by atoms with Gasteiger partial charge in [0.05, 0.1) is 19.6 Å². The van der Waals surface area contributed by atoms with E-state index in [0.717, 1.165) is 10.0 Å². The lowest BCUT2D eigenvalue weighted by molar-refractivity contribution is -0.122. The molecule has 0 saturated heterocycles. The van der Waals surface area contributed by atoms with Gasteiger partial charge in [0.25, 0.3) is 0 Å². The van der Waals surface area contributed by atoms with E-state index in [1.807, 2.05) is 19.9 Å². The van der Waals surface area contributed by atoms with Crippen LogP contribution in [0.4, 0.5) is 0 Å². The van der Waals surface area contributed by atoms with Crippen molar-refractivity contribution in [2.45, 2.75) is 32.9 Å². The summed E-state index contributed by atoms with van der Waals surface area (Å²) in [6, 6.07) is 5.51. The summed E-state index contributed by atoms with van der Waals surface area (Å²) in [4.78, 5) is 11.4. The zero-order valence-electron chi connectivity index (χ0n) is 10.6. The summed E-state index contributed by atoms with van der Waals surface area (Å²) >= 11 is 3.33. The van der Waals surface area contributed by atoms with Crippen LogP contribution < -0.4 is 10.1 Å². The second-order valence-electron chi connectivity index (χ2n) is 4.23. The van der Waals surface area contributed by atoms with Gasteiger partial charge in [-0.2, -0.15) is 0 Å². The molecular weight excluding hydrogens is 298 g/mol. The van der Waals surface area contributed by atoms with Crippen LogP contribution in [0, 0.1) is 0 Å². The topological polar surface area (TPSA) is 58.6 Å². The summed E-state index contributed by atoms with van der Waals surface area (Å²) in [5.74, 6) is 0.629. The van der Waals surface area contributed by atoms with Gasteiger partial charge in [-0.25, -0.2) is 0 Å². The molecule has 0 saturated carbocycles. The van der Waals surface area contributed by atoms with Gasteiger partial charge >= 0.3 is 0 Å². The molecule has 1 rings (SSSR count). The van der Waals surface area contributed by atoms with Crippen molar-refractivity contribution in [2.24, 2.45) is 0 Å². The number of amides is 1. The minimum Gasteiger partial charge on any atom is -0.493 e. The number of aliphatic hydroxyl groups excluding tert-OH is 1. The Morgan fingerprint density at radius 2 is 2.22 bits per heavy atom. The Labute approximate surface area is 115 Å². The Morgan fingerprint density at radius 3 is 2.83 bits per heavy atom. The van der Waals surface area contributed by atoms with Crippen LogP contribution in [0.2, 0.25) is 0 Å². The number of nitrogens with one attached hydrogen (secondary N) is 1. The fourth-order valence-corrected chi connectivity index (χ4v) is 1.79. The maximum absolute atomic E-state index is 11.4. The standard InChI is InChI=1S/C13H18BrNO3/c1-9(2)15-13(17)5-6-18-11-3-4-12(14)10(7-11)8-16/h3-4,7,9,16H,5-6,8H2,1-2H3,(H,15,17). The molecule has 5 heteroatoms. The number of halogens is 1. The fraction of sp³-hybridized carbons (Fsp3) is 0.462. The first kappa shape index (κ1) is 15.0. The SMILES string of the molecule is CC(C)NC(=O)CCOc1ccc(Br)c(CO)c1. The van der Waals surface area contributed by atoms with E-state index in [4.69, 9.17) is 9.84 Å². The summed E-state index contributed by atoms with van der Waals surface area (Å²) in [7, 11) is 0. The van der Waals surface area contributed by atoms with Crippen molar-refractivity contribution in [2.75, 3.05) is 6.61 Å². The fourth-order valence-electron chi connectivity index (χ4n) is 1.42. The van der Waals surface area contributed by atoms with Gasteiger partial charge in [-0.3, -0.25) is 4.79 Å². The zero-order chi connectivity index (χ0) is 13.5. The van der Waals surface area contributed by atoms with Crippen molar-refractivity contribution >= 4 is 21.8 Å². The minimum atomic E-state index is -0.0500. The normalized spacial score (nSPS) is 10.5. The zero-order valence-corrected chi connectivity index (χ0v) is 12.2. The summed E-state index contributed by atoms with van der Waals surface area (Å²) in [5.41, 5.74) is 0.763. The van der Waals surface area contributed by atoms with Crippen LogP contribution in [0.5, 0.6) is 5.75 Å². The van der Waals surface area contributed by atoms with Crippen LogP contribution in [0.25, 0.3) is 0 Å². The molecule has 0 aliphatic rings. The first-order valence-electron chi connectivity index (χ1n) is 5.84. The molecule has 1 aromatic rings. The molecule has 1 amide bonds. The molecule has 1 aromatic carbocycles. The number of hydrogen-bond donors (Lipinski definition) is 2. The van der Waals surface area contributed by atoms with E-state index < -0.39 is 0 Å². The van der Waals surface area contributed by atoms with Gasteiger partial charge in [0.1, 0.15) is 5.75 Å². The number of carbonyl (C=O) groups excluding carboxylic acids is 1. The number of ether oxygens (including phenoxy) is 1. The van der Waals surface area contributed by atoms with Crippen LogP contribution in [-0.4, -0.2) is 23.7 Å². The molecule has 0 heterocycles. The number of benzene rings is 1. The van der Waals surface area contributed by atoms with E-state index in [-0.39, 0.29) is 18.6 Å². The van der Waals surface area contributed by atoms with E-state index in [1.165, 1.54) is 0 Å². The van der Waals surface area contributed by atoms with Gasteiger partial charge < -0.3 is 15.2 Å². The van der Waals surface area contributed by atoms with Crippen molar-refractivity contribution in [3.8, 4) is 5.75 Å². The van der Waals surface area contributed by atoms with E-state index in [2.05, 4.69) is 21.2 Å². The number of rotatable bonds is 6. The van der Waals surface area contributed by atoms with Crippen LogP contribution >= 0.6 is 15.9 Å². The maximum Gasteiger partial charge on any atom is 0.223 e. The molecule has 0 spiro atoms. The van der Waals surface area contributed by atoms with Crippen molar-refractivity contribution in [3.05, 3.63) is 28.2 Å². The molecule has 0 atom stereocenters. The first-order chi connectivity index (χ1) is 8.52. The highest BCUT2D eigenvalue weighted by molar-refractivity contribution is 9.10. The van der Waals surface area contributed by atoms with Crippen molar-refractivity contribution in [1.82, 2.24) is 5.32 Å². The summed E-state index contributed by atoms with van der Waals surface area (Å²) < 4.78 is 6.31. The first-order valence-corrected chi connectivity index (χ1v) is 6.63. The van der Waals surface area contributed by atoms with E-state index in [1.54, 1.807) is 12.1 Å². The average molecular weight is 316 g/mol. The predicted octanol–water partition coefficient (Wildman–Crippen LogP) is 2.23. The molecular formula is C13H18BrNO3. The Morgan fingerprint density at radius 1 is 1.50 bits per heavy atom. The highest BCUT2D eigenvalue weighted by atomic mass is 79.9. The number of hydrogen-bond acceptors (Lipinski definition) is 3. The van der Waals surface area contributed by atoms with E-state index in [0.29, 0.717) is 18.8 Å². The molecule has 18 heavy (non-hydrogen) atoms. The largest absolute Gasteiger partial charge is 0.493 e. The van der Waals surface area contributed by atoms with Crippen LogP contribution in [0.1, 0.15) is 25.8 Å². The van der Waals surface area contributed by atoms with Gasteiger partial charge in [-0.15, -0.1) is 0 Å². The Hall–Kier alpha value is -1.07. The Balaban J connectivity index is 2.42. The van der Waals surface area contributed by atoms with E-state index in [9.17, 15) is 4.79 Å². The van der Waals surface area contributed by atoms with Crippen LogP contribution in [-0.2, 0) is 11.4 Å². The second-order valence-corrected chi connectivity index (χ2v) is 5.09. The summed E-state index contributed by atoms with van der Waals surface area (Å²) in [5, 5.41) is 11.9. The maximum atomic E-state index is 11.4. The Kier molecular flexibility index (Phi) is 6.15. The Bertz CT molecular complexity index is 407. The van der Waals surface area contributed by atoms with Crippen LogP contribution in [0.15, 0.2) is 22.7 Å². The smallest absolute Gasteiger partial charge is 0.223 e. The third kappa shape index (κ3) is 5.06. The molecule has 0 radical (unpaired) electrons. The highest BCUT2D eigenvalue weighted by Crippen LogP contribution is 2.22. The molecule has 0 aromatic heterocycles. The van der Waals surface area contributed by atoms with Gasteiger partial charge in [-0.05, 0) is 37.6 Å². The van der Waals surface area contributed by atoms with Crippen molar-refractivity contribution in [1.29, 1.82) is 0 Å². The second kappa shape index (κ2) is 7.38. The molecule has 0 fully saturated rings. The molecule has 100 valence electrons. The summed E-state index contributed by atoms with van der Waals surface area (Å²) in [6.07, 6.45) is 0.322. The van der Waals surface area contributed by atoms with Crippen molar-refractivity contribution in [3.63, 3.8) is 0 Å². The highest BCUT2D eigenvalue weighted by Gasteiger charge is 2.05. The van der Waals surface area contributed by atoms with Gasteiger partial charge in [0.2, 0.25) is 5.91 Å². The third-order valence-electron chi connectivity index (χ3n) is 2.24. The number of carbonyl (C=O) groups is 1. The van der Waals surface area contributed by atoms with Gasteiger partial charge in [0, 0.05) is 10.5 Å². The van der Waals surface area contributed by atoms with Crippen LogP contribution in [0.3, 0.4) is 0 Å². The molecule has 2 N–H and O–H groups in total. The van der Waals surface area contributed by atoms with Gasteiger partial charge in [0.15, 0.2) is 0 Å². The average Bonchev–Trinajstić information content (AvgIpc) is 2.30. The minimum absolute atomic E-state index is 0.0236. The molecule has 0 aliphatic heterocycles. The third-order valence-corrected chi connectivity index (χ3v) is 3.01. The van der Waals surface area contributed by atoms with E-state index >= 15 is 0 Å². The predicted molar refractivity (Wildman–Crippen MR) is 73.5 cm³/mol.